The number of sulfonamides is 1. The maximum absolute atomic E-state index is 14.2. The number of nitrogens with zero attached hydrogens (tertiary/aromatic N) is 3. The molecule has 0 aliphatic carbocycles. The van der Waals surface area contributed by atoms with E-state index in [-0.39, 0.29) is 39.5 Å². The van der Waals surface area contributed by atoms with Crippen molar-refractivity contribution >= 4 is 26.7 Å². The van der Waals surface area contributed by atoms with Crippen molar-refractivity contribution in [2.24, 2.45) is 7.05 Å². The minimum Gasteiger partial charge on any atom is -0.454 e. The van der Waals surface area contributed by atoms with Gasteiger partial charge in [0.25, 0.3) is 5.56 Å². The second-order valence-electron chi connectivity index (χ2n) is 6.81. The first kappa shape index (κ1) is 21.4. The molecule has 0 saturated heterocycles. The van der Waals surface area contributed by atoms with Crippen LogP contribution in [0, 0.1) is 11.6 Å². The van der Waals surface area contributed by atoms with Crippen LogP contribution in [0.25, 0.3) is 22.2 Å². The third kappa shape index (κ3) is 4.04. The van der Waals surface area contributed by atoms with E-state index in [1.807, 2.05) is 0 Å². The number of rotatable bonds is 6. The summed E-state index contributed by atoms with van der Waals surface area (Å²) in [4.78, 5) is 12.3. The van der Waals surface area contributed by atoms with Gasteiger partial charge in [-0.25, -0.2) is 21.8 Å². The topological polar surface area (TPSA) is 116 Å². The lowest BCUT2D eigenvalue weighted by Gasteiger charge is -2.15. The molecular formula is C20H16F2N4O5S. The van der Waals surface area contributed by atoms with Gasteiger partial charge in [-0.15, -0.1) is 0 Å². The van der Waals surface area contributed by atoms with Crippen molar-refractivity contribution in [2.45, 2.75) is 6.92 Å². The maximum Gasteiger partial charge on any atom is 0.282 e. The lowest BCUT2D eigenvalue weighted by molar-refractivity contribution is 0.315. The normalized spacial score (nSPS) is 11.6. The van der Waals surface area contributed by atoms with E-state index < -0.39 is 27.2 Å². The number of fused-ring (bicyclic) bond motifs is 1. The molecule has 0 amide bonds. The third-order valence-corrected chi connectivity index (χ3v) is 5.93. The van der Waals surface area contributed by atoms with E-state index in [9.17, 15) is 22.0 Å². The average molecular weight is 462 g/mol. The SMILES string of the molecule is CCS(=O)(=O)Nc1ccc(Oc2ccc(F)cc2F)c(-c2cn(C)c(=O)c3nonc23)c1. The van der Waals surface area contributed by atoms with E-state index in [0.717, 1.165) is 12.1 Å². The van der Waals surface area contributed by atoms with Crippen molar-refractivity contribution in [3.8, 4) is 22.6 Å². The van der Waals surface area contributed by atoms with Gasteiger partial charge in [0.2, 0.25) is 15.5 Å². The number of nitrogens with one attached hydrogen (secondary N) is 1. The van der Waals surface area contributed by atoms with Crippen molar-refractivity contribution in [3.63, 3.8) is 0 Å². The van der Waals surface area contributed by atoms with Crippen molar-refractivity contribution < 1.29 is 26.6 Å². The van der Waals surface area contributed by atoms with Gasteiger partial charge in [0, 0.05) is 36.1 Å². The van der Waals surface area contributed by atoms with Crippen molar-refractivity contribution in [1.29, 1.82) is 0 Å². The molecule has 0 aliphatic rings. The molecule has 0 radical (unpaired) electrons. The minimum atomic E-state index is -3.60. The van der Waals surface area contributed by atoms with Crippen LogP contribution in [0.1, 0.15) is 6.92 Å². The summed E-state index contributed by atoms with van der Waals surface area (Å²) in [6, 6.07) is 7.11. The summed E-state index contributed by atoms with van der Waals surface area (Å²) in [6.45, 7) is 1.48. The van der Waals surface area contributed by atoms with Crippen LogP contribution in [0.2, 0.25) is 0 Å². The number of hydrogen-bond acceptors (Lipinski definition) is 7. The number of aromatic nitrogens is 3. The van der Waals surface area contributed by atoms with E-state index in [2.05, 4.69) is 15.0 Å². The number of ether oxygens (including phenoxy) is 1. The van der Waals surface area contributed by atoms with Gasteiger partial charge in [-0.2, -0.15) is 0 Å². The molecule has 12 heteroatoms. The van der Waals surface area contributed by atoms with Crippen LogP contribution in [0.5, 0.6) is 11.5 Å². The van der Waals surface area contributed by atoms with Crippen LogP contribution in [0.15, 0.2) is 52.0 Å². The summed E-state index contributed by atoms with van der Waals surface area (Å²) in [6.07, 6.45) is 1.44. The number of pyridine rings is 1. The van der Waals surface area contributed by atoms with E-state index >= 15 is 0 Å². The summed E-state index contributed by atoms with van der Waals surface area (Å²) in [5, 5.41) is 7.40. The lowest BCUT2D eigenvalue weighted by atomic mass is 10.0. The Kier molecular flexibility index (Phi) is 5.38. The monoisotopic (exact) mass is 462 g/mol. The molecule has 0 unspecified atom stereocenters. The highest BCUT2D eigenvalue weighted by atomic mass is 32.2. The van der Waals surface area contributed by atoms with Crippen molar-refractivity contribution in [3.05, 3.63) is 64.6 Å². The first-order valence-corrected chi connectivity index (χ1v) is 10.9. The number of anilines is 1. The maximum atomic E-state index is 14.2. The fourth-order valence-corrected chi connectivity index (χ4v) is 3.63. The summed E-state index contributed by atoms with van der Waals surface area (Å²) in [7, 11) is -2.11. The zero-order valence-electron chi connectivity index (χ0n) is 16.8. The largest absolute Gasteiger partial charge is 0.454 e. The fraction of sp³-hybridized carbons (Fsp3) is 0.150. The molecule has 2 aromatic heterocycles. The van der Waals surface area contributed by atoms with Crippen molar-refractivity contribution in [2.75, 3.05) is 10.5 Å². The first-order chi connectivity index (χ1) is 15.2. The average Bonchev–Trinajstić information content (AvgIpc) is 3.24. The minimum absolute atomic E-state index is 0.0524. The van der Waals surface area contributed by atoms with Crippen LogP contribution < -0.4 is 15.0 Å². The zero-order valence-corrected chi connectivity index (χ0v) is 17.6. The third-order valence-electron chi connectivity index (χ3n) is 4.63. The van der Waals surface area contributed by atoms with Crippen LogP contribution in [-0.2, 0) is 17.1 Å². The smallest absolute Gasteiger partial charge is 0.282 e. The Balaban J connectivity index is 1.93. The molecule has 0 aliphatic heterocycles. The highest BCUT2D eigenvalue weighted by molar-refractivity contribution is 7.92. The van der Waals surface area contributed by atoms with Crippen LogP contribution in [-0.4, -0.2) is 29.1 Å². The van der Waals surface area contributed by atoms with Gasteiger partial charge in [-0.3, -0.25) is 9.52 Å². The highest BCUT2D eigenvalue weighted by Gasteiger charge is 2.20. The van der Waals surface area contributed by atoms with Gasteiger partial charge in [0.1, 0.15) is 17.1 Å². The zero-order chi connectivity index (χ0) is 23.0. The van der Waals surface area contributed by atoms with Crippen LogP contribution >= 0.6 is 0 Å². The van der Waals surface area contributed by atoms with Gasteiger partial charge in [0.05, 0.1) is 5.75 Å². The molecule has 0 atom stereocenters. The molecule has 0 saturated carbocycles. The molecular weight excluding hydrogens is 446 g/mol. The van der Waals surface area contributed by atoms with E-state index in [1.165, 1.54) is 42.9 Å². The summed E-state index contributed by atoms with van der Waals surface area (Å²) < 4.78 is 65.6. The van der Waals surface area contributed by atoms with E-state index in [1.54, 1.807) is 0 Å². The molecule has 2 aromatic carbocycles. The first-order valence-electron chi connectivity index (χ1n) is 9.28. The molecule has 0 bridgehead atoms. The van der Waals surface area contributed by atoms with Gasteiger partial charge in [0.15, 0.2) is 11.6 Å². The molecule has 9 nitrogen and oxygen atoms in total. The Labute approximate surface area is 180 Å². The second kappa shape index (κ2) is 8.04. The Morgan fingerprint density at radius 3 is 2.50 bits per heavy atom. The molecule has 0 spiro atoms. The molecule has 32 heavy (non-hydrogen) atoms. The summed E-state index contributed by atoms with van der Waals surface area (Å²) in [5.41, 5.74) is 0.378. The summed E-state index contributed by atoms with van der Waals surface area (Å²) >= 11 is 0. The molecule has 1 N–H and O–H groups in total. The quantitative estimate of drug-likeness (QED) is 0.467. The Bertz CT molecular complexity index is 1500. The fourth-order valence-electron chi connectivity index (χ4n) is 3.00. The van der Waals surface area contributed by atoms with Gasteiger partial charge in [-0.05, 0) is 47.6 Å². The number of hydrogen-bond donors (Lipinski definition) is 1. The summed E-state index contributed by atoms with van der Waals surface area (Å²) in [5.74, 6) is -2.02. The van der Waals surface area contributed by atoms with Gasteiger partial charge in [-0.1, -0.05) is 0 Å². The molecule has 166 valence electrons. The number of halogens is 2. The Morgan fingerprint density at radius 1 is 1.06 bits per heavy atom. The molecule has 0 fully saturated rings. The Hall–Kier alpha value is -3.80. The van der Waals surface area contributed by atoms with Gasteiger partial charge >= 0.3 is 0 Å². The van der Waals surface area contributed by atoms with Crippen LogP contribution in [0.3, 0.4) is 0 Å². The second-order valence-corrected chi connectivity index (χ2v) is 8.82. The van der Waals surface area contributed by atoms with Crippen molar-refractivity contribution in [1.82, 2.24) is 14.9 Å². The standard InChI is InChI=1S/C20H16F2N4O5S/c1-3-32(28,29)25-12-5-7-16(30-17-6-4-11(21)8-15(17)22)13(9-12)14-10-26(2)20(27)19-18(14)23-31-24-19/h4-10,25H,3H2,1-2H3. The lowest BCUT2D eigenvalue weighted by Crippen LogP contribution is -2.17. The van der Waals surface area contributed by atoms with Crippen LogP contribution in [0.4, 0.5) is 14.5 Å². The molecule has 4 aromatic rings. The predicted molar refractivity (Wildman–Crippen MR) is 112 cm³/mol. The number of benzene rings is 2. The molecule has 2 heterocycles. The molecule has 4 rings (SSSR count). The van der Waals surface area contributed by atoms with E-state index in [0.29, 0.717) is 11.6 Å². The highest BCUT2D eigenvalue weighted by Crippen LogP contribution is 2.38. The predicted octanol–water partition coefficient (Wildman–Crippen LogP) is 3.42. The number of aryl methyl sites for hydroxylation is 1. The van der Waals surface area contributed by atoms with Gasteiger partial charge < -0.3 is 9.30 Å². The Morgan fingerprint density at radius 2 is 1.78 bits per heavy atom. The van der Waals surface area contributed by atoms with E-state index in [4.69, 9.17) is 9.37 Å².